The molecule has 3 amide bonds. The number of halogens is 5. The Hall–Kier alpha value is -2.20. The second kappa shape index (κ2) is 7.94. The average Bonchev–Trinajstić information content (AvgIpc) is 3.38. The number of carbonyl (C=O) groups excluding carboxylic acids is 3. The third kappa shape index (κ3) is 3.53. The second-order valence-corrected chi connectivity index (χ2v) is 10.7. The van der Waals surface area contributed by atoms with Crippen LogP contribution in [0.2, 0.25) is 0 Å². The third-order valence-corrected chi connectivity index (χ3v) is 10.1. The Morgan fingerprint density at radius 1 is 0.909 bits per heavy atom. The maximum atomic E-state index is 13.2. The van der Waals surface area contributed by atoms with Gasteiger partial charge < -0.3 is 5.32 Å². The van der Waals surface area contributed by atoms with Gasteiger partial charge in [0.15, 0.2) is 0 Å². The summed E-state index contributed by atoms with van der Waals surface area (Å²) in [7, 11) is 0. The highest BCUT2D eigenvalue weighted by molar-refractivity contribution is 9.12. The number of benzene rings is 2. The van der Waals surface area contributed by atoms with E-state index in [9.17, 15) is 27.6 Å². The van der Waals surface area contributed by atoms with Crippen LogP contribution in [0.25, 0.3) is 0 Å². The minimum absolute atomic E-state index is 0.0876. The Morgan fingerprint density at radius 3 is 2.00 bits per heavy atom. The molecule has 5 nitrogen and oxygen atoms in total. The summed E-state index contributed by atoms with van der Waals surface area (Å²) in [5.41, 5.74) is -0.833. The smallest absolute Gasteiger partial charge is 0.321 e. The van der Waals surface area contributed by atoms with E-state index >= 15 is 0 Å². The Kier molecular flexibility index (Phi) is 5.43. The van der Waals surface area contributed by atoms with E-state index in [4.69, 9.17) is 0 Å². The third-order valence-electron chi connectivity index (χ3n) is 6.86. The zero-order valence-electron chi connectivity index (χ0n) is 16.9. The summed E-state index contributed by atoms with van der Waals surface area (Å²) in [5, 5.41) is 2.29. The average molecular weight is 586 g/mol. The second-order valence-electron chi connectivity index (χ2n) is 8.56. The van der Waals surface area contributed by atoms with Gasteiger partial charge in [0, 0.05) is 15.2 Å². The van der Waals surface area contributed by atoms with Gasteiger partial charge in [-0.3, -0.25) is 19.3 Å². The Labute approximate surface area is 204 Å². The van der Waals surface area contributed by atoms with Crippen molar-refractivity contribution in [3.63, 3.8) is 0 Å². The summed E-state index contributed by atoms with van der Waals surface area (Å²) in [5.74, 6) is -1.74. The van der Waals surface area contributed by atoms with Crippen molar-refractivity contribution in [3.8, 4) is 0 Å². The zero-order chi connectivity index (χ0) is 23.7. The molecule has 2 bridgehead atoms. The lowest BCUT2D eigenvalue weighted by Crippen LogP contribution is -2.37. The first-order valence-corrected chi connectivity index (χ1v) is 12.2. The quantitative estimate of drug-likeness (QED) is 0.396. The molecule has 2 saturated carbocycles. The highest BCUT2D eigenvalue weighted by Crippen LogP contribution is 2.60. The van der Waals surface area contributed by atoms with Gasteiger partial charge in [0.2, 0.25) is 11.8 Å². The van der Waals surface area contributed by atoms with E-state index in [1.54, 1.807) is 0 Å². The van der Waals surface area contributed by atoms with Crippen molar-refractivity contribution < 1.29 is 27.6 Å². The van der Waals surface area contributed by atoms with Gasteiger partial charge in [-0.1, -0.05) is 44.0 Å². The lowest BCUT2D eigenvalue weighted by atomic mass is 9.81. The van der Waals surface area contributed by atoms with Crippen LogP contribution in [0.4, 0.5) is 24.5 Å². The molecule has 6 atom stereocenters. The molecule has 1 aliphatic heterocycles. The van der Waals surface area contributed by atoms with Crippen molar-refractivity contribution in [2.75, 3.05) is 10.2 Å². The van der Waals surface area contributed by atoms with Gasteiger partial charge >= 0.3 is 6.18 Å². The van der Waals surface area contributed by atoms with Gasteiger partial charge in [-0.2, -0.15) is 13.2 Å². The molecule has 2 aliphatic carbocycles. The fraction of sp³-hybridized carbons (Fsp3) is 0.348. The minimum atomic E-state index is -4.61. The van der Waals surface area contributed by atoms with Crippen LogP contribution in [-0.4, -0.2) is 27.4 Å². The fourth-order valence-corrected chi connectivity index (χ4v) is 7.27. The van der Waals surface area contributed by atoms with Crippen molar-refractivity contribution >= 4 is 61.0 Å². The lowest BCUT2D eigenvalue weighted by Gasteiger charge is -2.28. The number of carbonyl (C=O) groups is 3. The molecule has 0 aromatic heterocycles. The normalized spacial score (nSPS) is 30.6. The molecular formula is C23H17Br2F3N2O3. The number of nitrogens with zero attached hydrogens (tertiary/aromatic N) is 1. The molecule has 1 heterocycles. The van der Waals surface area contributed by atoms with Gasteiger partial charge in [-0.15, -0.1) is 0 Å². The first-order valence-electron chi connectivity index (χ1n) is 10.3. The Morgan fingerprint density at radius 2 is 1.45 bits per heavy atom. The predicted octanol–water partition coefficient (Wildman–Crippen LogP) is 5.24. The number of rotatable bonds is 3. The number of anilines is 2. The SMILES string of the molecule is O=C(Nc1ccccc1C(F)(F)F)c1ccc(N2C(=O)[C@@H]3[C@H]4C[C@@H]([C@H](Br)[C@H]4Br)[C@H]3C2=O)cc1. The van der Waals surface area contributed by atoms with Crippen molar-refractivity contribution in [1.29, 1.82) is 0 Å². The van der Waals surface area contributed by atoms with Crippen LogP contribution in [0.1, 0.15) is 22.3 Å². The van der Waals surface area contributed by atoms with E-state index in [-0.39, 0.29) is 56.4 Å². The standard InChI is InChI=1S/C23H17Br2F3N2O3/c24-18-12-9-13(19(18)25)17-16(12)21(32)30(22(17)33)11-7-5-10(6-8-11)20(31)29-15-4-2-1-3-14(15)23(26,27)28/h1-8,12-13,16-19H,9H2,(H,29,31)/t12-,13-,16-,17-,18+,19+/m1/s1. The molecule has 172 valence electrons. The molecule has 10 heteroatoms. The lowest BCUT2D eigenvalue weighted by molar-refractivity contribution is -0.137. The fourth-order valence-electron chi connectivity index (χ4n) is 5.40. The number of fused-ring (bicyclic) bond motifs is 5. The van der Waals surface area contributed by atoms with Crippen molar-refractivity contribution in [2.45, 2.75) is 22.3 Å². The van der Waals surface area contributed by atoms with Crippen molar-refractivity contribution in [1.82, 2.24) is 0 Å². The summed E-state index contributed by atoms with van der Waals surface area (Å²) >= 11 is 7.29. The molecule has 0 unspecified atom stereocenters. The number of hydrogen-bond acceptors (Lipinski definition) is 3. The van der Waals surface area contributed by atoms with Crippen LogP contribution >= 0.6 is 31.9 Å². The number of amides is 3. The summed E-state index contributed by atoms with van der Waals surface area (Å²) < 4.78 is 39.5. The summed E-state index contributed by atoms with van der Waals surface area (Å²) in [6.07, 6.45) is -3.78. The topological polar surface area (TPSA) is 66.5 Å². The van der Waals surface area contributed by atoms with E-state index < -0.39 is 17.6 Å². The number of alkyl halides is 5. The summed E-state index contributed by atoms with van der Waals surface area (Å²) in [4.78, 5) is 40.2. The van der Waals surface area contributed by atoms with Gasteiger partial charge in [0.05, 0.1) is 28.8 Å². The molecule has 2 aromatic carbocycles. The summed E-state index contributed by atoms with van der Waals surface area (Å²) in [6, 6.07) is 10.4. The summed E-state index contributed by atoms with van der Waals surface area (Å²) in [6.45, 7) is 0. The highest BCUT2D eigenvalue weighted by atomic mass is 79.9. The Balaban J connectivity index is 1.35. The first kappa shape index (κ1) is 22.6. The van der Waals surface area contributed by atoms with E-state index in [0.717, 1.165) is 12.5 Å². The number of nitrogens with one attached hydrogen (secondary N) is 1. The van der Waals surface area contributed by atoms with Gasteiger partial charge in [-0.25, -0.2) is 0 Å². The molecule has 0 radical (unpaired) electrons. The zero-order valence-corrected chi connectivity index (χ0v) is 20.0. The number of para-hydroxylation sites is 1. The predicted molar refractivity (Wildman–Crippen MR) is 122 cm³/mol. The van der Waals surface area contributed by atoms with E-state index in [0.29, 0.717) is 5.69 Å². The molecule has 3 fully saturated rings. The molecular weight excluding hydrogens is 569 g/mol. The van der Waals surface area contributed by atoms with E-state index in [2.05, 4.69) is 37.2 Å². The van der Waals surface area contributed by atoms with E-state index in [1.807, 2.05) is 0 Å². The van der Waals surface area contributed by atoms with Crippen LogP contribution in [0.15, 0.2) is 48.5 Å². The highest BCUT2D eigenvalue weighted by Gasteiger charge is 2.66. The molecule has 5 rings (SSSR count). The largest absolute Gasteiger partial charge is 0.418 e. The van der Waals surface area contributed by atoms with E-state index in [1.165, 1.54) is 47.4 Å². The minimum Gasteiger partial charge on any atom is -0.321 e. The molecule has 1 N–H and O–H groups in total. The first-order chi connectivity index (χ1) is 15.6. The molecule has 0 spiro atoms. The molecule has 1 saturated heterocycles. The number of hydrogen-bond donors (Lipinski definition) is 1. The van der Waals surface area contributed by atoms with Gasteiger partial charge in [-0.05, 0) is 54.7 Å². The maximum Gasteiger partial charge on any atom is 0.418 e. The maximum absolute atomic E-state index is 13.2. The number of imide groups is 1. The van der Waals surface area contributed by atoms with Crippen LogP contribution in [0, 0.1) is 23.7 Å². The van der Waals surface area contributed by atoms with Crippen molar-refractivity contribution in [2.24, 2.45) is 23.7 Å². The molecule has 3 aliphatic rings. The van der Waals surface area contributed by atoms with Crippen LogP contribution < -0.4 is 10.2 Å². The van der Waals surface area contributed by atoms with Crippen molar-refractivity contribution in [3.05, 3.63) is 59.7 Å². The molecule has 33 heavy (non-hydrogen) atoms. The van der Waals surface area contributed by atoms with Crippen LogP contribution in [-0.2, 0) is 15.8 Å². The van der Waals surface area contributed by atoms with Gasteiger partial charge in [0.1, 0.15) is 0 Å². The van der Waals surface area contributed by atoms with Gasteiger partial charge in [0.25, 0.3) is 5.91 Å². The molecule has 2 aromatic rings. The Bertz CT molecular complexity index is 1120. The van der Waals surface area contributed by atoms with Crippen LogP contribution in [0.3, 0.4) is 0 Å². The van der Waals surface area contributed by atoms with Crippen LogP contribution in [0.5, 0.6) is 0 Å². The monoisotopic (exact) mass is 584 g/mol.